The van der Waals surface area contributed by atoms with E-state index >= 15 is 7.77 Å². The van der Waals surface area contributed by atoms with Gasteiger partial charge in [-0.2, -0.15) is 0 Å². The quantitative estimate of drug-likeness (QED) is 0.0853. The number of methoxy groups -OCH3 is 1. The van der Waals surface area contributed by atoms with Crippen LogP contribution in [0, 0.1) is 25.5 Å². The van der Waals surface area contributed by atoms with Crippen LogP contribution in [0.3, 0.4) is 0 Å². The Balaban J connectivity index is 1.27. The third-order valence-electron chi connectivity index (χ3n) is 8.60. The normalized spacial score (nSPS) is 16.3. The smallest absolute Gasteiger partial charge is 0.380 e. The molecule has 2 aliphatic heterocycles. The molecule has 0 saturated carbocycles. The summed E-state index contributed by atoms with van der Waals surface area (Å²) in [5.74, 6) is -2.13. The van der Waals surface area contributed by atoms with Crippen molar-refractivity contribution in [3.8, 4) is 0 Å². The minimum absolute atomic E-state index is 0.0721. The molecule has 2 aliphatic rings. The molecule has 5 rings (SSSR count). The Hall–Kier alpha value is -3.74. The maximum absolute atomic E-state index is 15.8. The second-order valence-corrected chi connectivity index (χ2v) is 20.0. The number of Topliss-reactive ketones (excluding diaryl/α,β-unsaturated/α-hetero) is 1. The van der Waals surface area contributed by atoms with Gasteiger partial charge in [-0.15, -0.1) is 0 Å². The molecule has 1 N–H and O–H groups in total. The van der Waals surface area contributed by atoms with E-state index in [-0.39, 0.29) is 29.5 Å². The SMILES string of the molecule is COCc1ccc([C@@H](NC(=O)CCCCC2=[N+]3C(=Cc4c(C)cc(C)n4S3(F)F)C=C2)C(=O)Cc2cc(F)c([Si](C)(C)C)c(F)c2)cc1. The van der Waals surface area contributed by atoms with E-state index in [1.165, 1.54) is 12.1 Å². The topological polar surface area (TPSA) is 63.3 Å². The summed E-state index contributed by atoms with van der Waals surface area (Å²) in [6, 6.07) is 10.2. The Bertz CT molecular complexity index is 1820. The van der Waals surface area contributed by atoms with Gasteiger partial charge in [-0.05, 0) is 67.1 Å². The molecule has 0 saturated heterocycles. The number of carbonyl (C=O) groups excluding carboxylic acids is 2. The zero-order valence-electron chi connectivity index (χ0n) is 28.1. The minimum atomic E-state index is -4.32. The van der Waals surface area contributed by atoms with E-state index in [4.69, 9.17) is 4.74 Å². The Morgan fingerprint density at radius 2 is 1.65 bits per heavy atom. The predicted octanol–water partition coefficient (Wildman–Crippen LogP) is 7.93. The average Bonchev–Trinajstić information content (AvgIpc) is 3.54. The molecule has 1 amide bonds. The first kappa shape index (κ1) is 35.6. The lowest BCUT2D eigenvalue weighted by Crippen LogP contribution is -2.42. The summed E-state index contributed by atoms with van der Waals surface area (Å²) in [5, 5.41) is 2.90. The predicted molar refractivity (Wildman–Crippen MR) is 186 cm³/mol. The van der Waals surface area contributed by atoms with Gasteiger partial charge in [0.1, 0.15) is 17.7 Å². The summed E-state index contributed by atoms with van der Waals surface area (Å²) in [6.45, 7) is 9.42. The zero-order chi connectivity index (χ0) is 35.0. The Kier molecular flexibility index (Phi) is 10.4. The first-order chi connectivity index (χ1) is 22.6. The minimum Gasteiger partial charge on any atom is -0.380 e. The lowest BCUT2D eigenvalue weighted by molar-refractivity contribution is -0.302. The summed E-state index contributed by atoms with van der Waals surface area (Å²) in [5.41, 5.74) is 4.41. The van der Waals surface area contributed by atoms with Crippen LogP contribution in [0.5, 0.6) is 0 Å². The zero-order valence-corrected chi connectivity index (χ0v) is 29.9. The number of allylic oxidation sites excluding steroid dienone is 2. The fourth-order valence-electron chi connectivity index (χ4n) is 6.42. The number of hydrogen-bond acceptors (Lipinski definition) is 3. The summed E-state index contributed by atoms with van der Waals surface area (Å²) >= 11 is -4.32. The van der Waals surface area contributed by atoms with Crippen molar-refractivity contribution in [2.24, 2.45) is 0 Å². The molecule has 0 radical (unpaired) electrons. The number of aryl methyl sites for hydroxylation is 2. The van der Waals surface area contributed by atoms with Crippen LogP contribution in [0.15, 0.2) is 60.3 Å². The molecule has 6 nitrogen and oxygen atoms in total. The van der Waals surface area contributed by atoms with Crippen LogP contribution in [-0.4, -0.2) is 40.5 Å². The number of amides is 1. The molecule has 0 bridgehead atoms. The van der Waals surface area contributed by atoms with Crippen molar-refractivity contribution in [2.45, 2.75) is 78.2 Å². The van der Waals surface area contributed by atoms with Crippen molar-refractivity contribution >= 4 is 47.9 Å². The molecule has 0 aliphatic carbocycles. The first-order valence-electron chi connectivity index (χ1n) is 16.0. The van der Waals surface area contributed by atoms with Gasteiger partial charge in [-0.3, -0.25) is 9.59 Å². The highest BCUT2D eigenvalue weighted by Crippen LogP contribution is 2.60. The third-order valence-corrected chi connectivity index (χ3v) is 12.4. The van der Waals surface area contributed by atoms with Gasteiger partial charge in [-0.25, -0.2) is 12.8 Å². The van der Waals surface area contributed by atoms with E-state index in [9.17, 15) is 18.4 Å². The van der Waals surface area contributed by atoms with Gasteiger partial charge < -0.3 is 10.1 Å². The van der Waals surface area contributed by atoms with Crippen LogP contribution in [-0.2, 0) is 27.4 Å². The van der Waals surface area contributed by atoms with E-state index < -0.39 is 42.7 Å². The average molecular weight is 701 g/mol. The number of nitrogens with one attached hydrogen (secondary N) is 1. The fraction of sp³-hybridized carbons (Fsp3) is 0.361. The van der Waals surface area contributed by atoms with Crippen molar-refractivity contribution in [3.05, 3.63) is 106 Å². The number of halogens is 4. The maximum Gasteiger partial charge on any atom is 0.387 e. The standard InChI is InChI=1S/C36H41F4N3O3SSi/c1-23-17-24(2)42-32(23)21-29-16-15-28(43(29)47(42,39)40)9-7-8-10-34(45)41-35(27-13-11-25(12-14-27)22-46-3)33(44)20-26-18-30(37)36(31(38)19-26)48(4,5)6/h11-19,21,35H,7-10,20,22H2,1-6H3/p+1/t35-/m1/s1. The lowest BCUT2D eigenvalue weighted by Gasteiger charge is -2.25. The number of benzene rings is 2. The van der Waals surface area contributed by atoms with Gasteiger partial charge >= 0.3 is 11.2 Å². The molecule has 2 aromatic carbocycles. The van der Waals surface area contributed by atoms with Gasteiger partial charge in [0.25, 0.3) is 0 Å². The number of fused-ring (bicyclic) bond motifs is 2. The van der Waals surface area contributed by atoms with Crippen LogP contribution in [0.25, 0.3) is 6.08 Å². The van der Waals surface area contributed by atoms with E-state index in [1.54, 1.807) is 62.6 Å². The van der Waals surface area contributed by atoms with Crippen molar-refractivity contribution in [3.63, 3.8) is 0 Å². The Morgan fingerprint density at radius 3 is 2.27 bits per heavy atom. The molecule has 3 aromatic rings. The lowest BCUT2D eigenvalue weighted by atomic mass is 9.96. The summed E-state index contributed by atoms with van der Waals surface area (Å²) < 4.78 is 68.9. The molecule has 12 heteroatoms. The number of ketones is 1. The monoisotopic (exact) mass is 700 g/mol. The second kappa shape index (κ2) is 14.0. The van der Waals surface area contributed by atoms with Crippen molar-refractivity contribution in [2.75, 3.05) is 7.11 Å². The molecule has 0 unspecified atom stereocenters. The van der Waals surface area contributed by atoms with Crippen LogP contribution >= 0.6 is 11.2 Å². The maximum atomic E-state index is 15.8. The van der Waals surface area contributed by atoms with Crippen LogP contribution < -0.4 is 10.5 Å². The van der Waals surface area contributed by atoms with Crippen molar-refractivity contribution < 1.29 is 34.9 Å². The highest BCUT2D eigenvalue weighted by atomic mass is 32.3. The highest BCUT2D eigenvalue weighted by Gasteiger charge is 2.50. The Labute approximate surface area is 282 Å². The number of ether oxygens (including phenoxy) is 1. The summed E-state index contributed by atoms with van der Waals surface area (Å²) in [6.07, 6.45) is 6.24. The largest absolute Gasteiger partial charge is 0.387 e. The third kappa shape index (κ3) is 7.30. The fourth-order valence-corrected chi connectivity index (χ4v) is 9.79. The number of nitrogens with zero attached hydrogens (tertiary/aromatic N) is 2. The summed E-state index contributed by atoms with van der Waals surface area (Å²) in [4.78, 5) is 26.8. The molecule has 256 valence electrons. The van der Waals surface area contributed by atoms with Crippen LogP contribution in [0.2, 0.25) is 19.6 Å². The van der Waals surface area contributed by atoms with Crippen LogP contribution in [0.4, 0.5) is 16.6 Å². The van der Waals surface area contributed by atoms with Crippen LogP contribution in [0.1, 0.15) is 65.4 Å². The number of carbonyl (C=O) groups is 2. The number of aromatic nitrogens is 1. The summed E-state index contributed by atoms with van der Waals surface area (Å²) in [7, 11) is -0.728. The molecule has 0 spiro atoms. The Morgan fingerprint density at radius 1 is 0.979 bits per heavy atom. The van der Waals surface area contributed by atoms with E-state index in [0.717, 1.165) is 19.1 Å². The van der Waals surface area contributed by atoms with Crippen molar-refractivity contribution in [1.29, 1.82) is 0 Å². The molecule has 3 heterocycles. The number of unbranched alkanes of at least 4 members (excludes halogenated alkanes) is 1. The van der Waals surface area contributed by atoms with Gasteiger partial charge in [0.15, 0.2) is 5.78 Å². The molecule has 1 aromatic heterocycles. The molecule has 1 atom stereocenters. The molecule has 0 fully saturated rings. The molecular formula is C36H42F4N3O3SSi+. The second-order valence-electron chi connectivity index (χ2n) is 13.5. The van der Waals surface area contributed by atoms with Gasteiger partial charge in [-0.1, -0.05) is 55.7 Å². The van der Waals surface area contributed by atoms with E-state index in [0.29, 0.717) is 54.2 Å². The van der Waals surface area contributed by atoms with E-state index in [2.05, 4.69) is 5.32 Å². The van der Waals surface area contributed by atoms with E-state index in [1.807, 2.05) is 26.6 Å². The number of rotatable bonds is 13. The highest BCUT2D eigenvalue weighted by molar-refractivity contribution is 8.18. The first-order valence-corrected chi connectivity index (χ1v) is 20.8. The molecule has 48 heavy (non-hydrogen) atoms. The molecular weight excluding hydrogens is 659 g/mol. The number of hydrogen-bond donors (Lipinski definition) is 1. The van der Waals surface area contributed by atoms with Gasteiger partial charge in [0.05, 0.1) is 20.4 Å². The van der Waals surface area contributed by atoms with Gasteiger partial charge in [0.2, 0.25) is 17.3 Å². The van der Waals surface area contributed by atoms with Crippen molar-refractivity contribution in [1.82, 2.24) is 9.29 Å². The van der Waals surface area contributed by atoms with Gasteiger partial charge in [0, 0.05) is 55.5 Å².